The van der Waals surface area contributed by atoms with Crippen LogP contribution in [0, 0.1) is 25.2 Å². The van der Waals surface area contributed by atoms with Gasteiger partial charge in [-0.15, -0.1) is 0 Å². The highest BCUT2D eigenvalue weighted by Crippen LogP contribution is 2.35. The van der Waals surface area contributed by atoms with Gasteiger partial charge < -0.3 is 29.0 Å². The first-order valence-corrected chi connectivity index (χ1v) is 11.5. The Hall–Kier alpha value is -4.22. The number of nitrogens with one attached hydrogen (secondary N) is 1. The number of morpholine rings is 1. The molecule has 0 unspecified atom stereocenters. The van der Waals surface area contributed by atoms with E-state index in [9.17, 15) is 10.1 Å². The van der Waals surface area contributed by atoms with Crippen molar-refractivity contribution >= 4 is 23.4 Å². The Balaban J connectivity index is 1.34. The van der Waals surface area contributed by atoms with Crippen molar-refractivity contribution in [2.24, 2.45) is 0 Å². The molecule has 3 heterocycles. The van der Waals surface area contributed by atoms with Crippen LogP contribution in [-0.4, -0.2) is 43.6 Å². The number of benzene rings is 2. The second kappa shape index (κ2) is 9.57. The van der Waals surface area contributed by atoms with Gasteiger partial charge in [0.15, 0.2) is 11.5 Å². The summed E-state index contributed by atoms with van der Waals surface area (Å²) in [6.07, 6.45) is 1.63. The lowest BCUT2D eigenvalue weighted by atomic mass is 10.1. The molecule has 8 nitrogen and oxygen atoms in total. The molecule has 3 aromatic rings. The Morgan fingerprint density at radius 3 is 2.46 bits per heavy atom. The Morgan fingerprint density at radius 2 is 1.71 bits per heavy atom. The molecule has 8 heteroatoms. The lowest BCUT2D eigenvalue weighted by molar-refractivity contribution is -0.112. The van der Waals surface area contributed by atoms with E-state index in [1.165, 1.54) is 0 Å². The van der Waals surface area contributed by atoms with E-state index in [4.69, 9.17) is 14.2 Å². The minimum Gasteiger partial charge on any atom is -0.454 e. The molecule has 2 aliphatic rings. The predicted molar refractivity (Wildman–Crippen MR) is 133 cm³/mol. The third-order valence-electron chi connectivity index (χ3n) is 6.25. The fourth-order valence-corrected chi connectivity index (χ4v) is 4.44. The van der Waals surface area contributed by atoms with Crippen molar-refractivity contribution in [3.05, 3.63) is 71.1 Å². The number of aromatic nitrogens is 1. The number of aryl methyl sites for hydroxylation is 1. The van der Waals surface area contributed by atoms with Gasteiger partial charge in [0.05, 0.1) is 13.2 Å². The smallest absolute Gasteiger partial charge is 0.266 e. The molecular formula is C27H26N4O4. The van der Waals surface area contributed by atoms with Crippen LogP contribution >= 0.6 is 0 Å². The molecule has 0 bridgehead atoms. The number of amides is 1. The molecule has 2 aliphatic heterocycles. The highest BCUT2D eigenvalue weighted by atomic mass is 16.7. The summed E-state index contributed by atoms with van der Waals surface area (Å²) in [5, 5.41) is 12.5. The van der Waals surface area contributed by atoms with E-state index in [0.29, 0.717) is 24.7 Å². The summed E-state index contributed by atoms with van der Waals surface area (Å²) in [4.78, 5) is 15.1. The second-order valence-corrected chi connectivity index (χ2v) is 8.47. The zero-order valence-electron chi connectivity index (χ0n) is 19.7. The van der Waals surface area contributed by atoms with Crippen LogP contribution < -0.4 is 19.7 Å². The number of hydrogen-bond donors (Lipinski definition) is 1. The van der Waals surface area contributed by atoms with Gasteiger partial charge in [0, 0.05) is 47.6 Å². The number of ether oxygens (including phenoxy) is 3. The Bertz CT molecular complexity index is 1330. The maximum atomic E-state index is 12.9. The van der Waals surface area contributed by atoms with Crippen LogP contribution in [0.1, 0.15) is 17.0 Å². The number of anilines is 2. The Kier molecular flexibility index (Phi) is 6.17. The van der Waals surface area contributed by atoms with Crippen LogP contribution in [0.2, 0.25) is 0 Å². The monoisotopic (exact) mass is 470 g/mol. The highest BCUT2D eigenvalue weighted by Gasteiger charge is 2.18. The van der Waals surface area contributed by atoms with Crippen molar-refractivity contribution in [3.8, 4) is 23.3 Å². The lowest BCUT2D eigenvalue weighted by Crippen LogP contribution is -2.36. The largest absolute Gasteiger partial charge is 0.454 e. The van der Waals surface area contributed by atoms with E-state index < -0.39 is 5.91 Å². The van der Waals surface area contributed by atoms with Crippen molar-refractivity contribution < 1.29 is 19.0 Å². The molecule has 0 spiro atoms. The molecule has 0 saturated carbocycles. The van der Waals surface area contributed by atoms with Gasteiger partial charge in [0.25, 0.3) is 5.91 Å². The third kappa shape index (κ3) is 4.59. The van der Waals surface area contributed by atoms with E-state index in [0.717, 1.165) is 47.2 Å². The lowest BCUT2D eigenvalue weighted by Gasteiger charge is -2.28. The molecule has 5 rings (SSSR count). The van der Waals surface area contributed by atoms with Crippen LogP contribution in [0.3, 0.4) is 0 Å². The van der Waals surface area contributed by atoms with Crippen LogP contribution in [0.4, 0.5) is 11.4 Å². The molecule has 0 aliphatic carbocycles. The standard InChI is InChI=1S/C27H26N4O4/c1-18-13-20(19(2)31(18)24-7-8-25-26(15-24)35-17-34-25)14-21(16-28)27(32)29-22-3-5-23(6-4-22)30-9-11-33-12-10-30/h3-8,13-15H,9-12,17H2,1-2H3,(H,29,32)/b21-14+. The summed E-state index contributed by atoms with van der Waals surface area (Å²) >= 11 is 0. The summed E-state index contributed by atoms with van der Waals surface area (Å²) in [7, 11) is 0. The number of nitriles is 1. The first-order valence-electron chi connectivity index (χ1n) is 11.5. The number of hydrogen-bond acceptors (Lipinski definition) is 6. The first-order chi connectivity index (χ1) is 17.0. The van der Waals surface area contributed by atoms with Gasteiger partial charge in [-0.2, -0.15) is 5.26 Å². The number of carbonyl (C=O) groups is 1. The first kappa shape index (κ1) is 22.6. The predicted octanol–water partition coefficient (Wildman–Crippen LogP) is 4.21. The van der Waals surface area contributed by atoms with Crippen LogP contribution in [-0.2, 0) is 9.53 Å². The minimum atomic E-state index is -0.445. The van der Waals surface area contributed by atoms with Gasteiger partial charge in [0.2, 0.25) is 6.79 Å². The number of nitrogens with zero attached hydrogens (tertiary/aromatic N) is 3. The average molecular weight is 471 g/mol. The summed E-state index contributed by atoms with van der Waals surface area (Å²) in [6, 6.07) is 17.4. The Labute approximate surface area is 203 Å². The number of carbonyl (C=O) groups excluding carboxylic acids is 1. The molecule has 35 heavy (non-hydrogen) atoms. The normalized spacial score (nSPS) is 15.1. The summed E-state index contributed by atoms with van der Waals surface area (Å²) in [5.41, 5.74) is 5.37. The number of rotatable bonds is 5. The van der Waals surface area contributed by atoms with Crippen LogP contribution in [0.5, 0.6) is 11.5 Å². The molecule has 0 radical (unpaired) electrons. The summed E-state index contributed by atoms with van der Waals surface area (Å²) < 4.78 is 18.4. The zero-order chi connectivity index (χ0) is 24.4. The van der Waals surface area contributed by atoms with Crippen molar-refractivity contribution in [3.63, 3.8) is 0 Å². The van der Waals surface area contributed by atoms with Gasteiger partial charge in [-0.1, -0.05) is 0 Å². The van der Waals surface area contributed by atoms with Crippen LogP contribution in [0.15, 0.2) is 54.1 Å². The quantitative estimate of drug-likeness (QED) is 0.444. The molecule has 1 fully saturated rings. The Morgan fingerprint density at radius 1 is 1.00 bits per heavy atom. The van der Waals surface area contributed by atoms with Gasteiger partial charge in [-0.25, -0.2) is 0 Å². The average Bonchev–Trinajstić information content (AvgIpc) is 3.46. The zero-order valence-corrected chi connectivity index (χ0v) is 19.7. The van der Waals surface area contributed by atoms with Crippen molar-refractivity contribution in [2.45, 2.75) is 13.8 Å². The molecule has 2 aromatic carbocycles. The minimum absolute atomic E-state index is 0.0354. The maximum Gasteiger partial charge on any atom is 0.266 e. The van der Waals surface area contributed by atoms with E-state index >= 15 is 0 Å². The molecular weight excluding hydrogens is 444 g/mol. The molecule has 1 N–H and O–H groups in total. The van der Waals surface area contributed by atoms with Crippen LogP contribution in [0.25, 0.3) is 11.8 Å². The molecule has 1 amide bonds. The van der Waals surface area contributed by atoms with Crippen molar-refractivity contribution in [1.29, 1.82) is 5.26 Å². The third-order valence-corrected chi connectivity index (χ3v) is 6.25. The number of fused-ring (bicyclic) bond motifs is 1. The fourth-order valence-electron chi connectivity index (χ4n) is 4.44. The summed E-state index contributed by atoms with van der Waals surface area (Å²) in [5.74, 6) is 0.973. The van der Waals surface area contributed by atoms with E-state index in [-0.39, 0.29) is 12.4 Å². The van der Waals surface area contributed by atoms with E-state index in [1.54, 1.807) is 6.08 Å². The second-order valence-electron chi connectivity index (χ2n) is 8.47. The SMILES string of the molecule is Cc1cc(/C=C(\C#N)C(=O)Nc2ccc(N3CCOCC3)cc2)c(C)n1-c1ccc2c(c1)OCO2. The molecule has 1 saturated heterocycles. The fraction of sp³-hybridized carbons (Fsp3) is 0.259. The van der Waals surface area contributed by atoms with Gasteiger partial charge >= 0.3 is 0 Å². The van der Waals surface area contributed by atoms with Crippen molar-refractivity contribution in [1.82, 2.24) is 4.57 Å². The topological polar surface area (TPSA) is 88.8 Å². The van der Waals surface area contributed by atoms with E-state index in [1.807, 2.05) is 68.4 Å². The molecule has 0 atom stereocenters. The molecule has 178 valence electrons. The maximum absolute atomic E-state index is 12.9. The van der Waals surface area contributed by atoms with Gasteiger partial charge in [-0.05, 0) is 68.0 Å². The summed E-state index contributed by atoms with van der Waals surface area (Å²) in [6.45, 7) is 7.27. The van der Waals surface area contributed by atoms with E-state index in [2.05, 4.69) is 14.8 Å². The van der Waals surface area contributed by atoms with Gasteiger partial charge in [-0.3, -0.25) is 4.79 Å². The van der Waals surface area contributed by atoms with Crippen molar-refractivity contribution in [2.75, 3.05) is 43.3 Å². The van der Waals surface area contributed by atoms with Gasteiger partial charge in [0.1, 0.15) is 11.6 Å². The molecule has 1 aromatic heterocycles. The highest BCUT2D eigenvalue weighted by molar-refractivity contribution is 6.09.